The Hall–Kier alpha value is -1.34. The van der Waals surface area contributed by atoms with E-state index in [2.05, 4.69) is 18.7 Å². The van der Waals surface area contributed by atoms with Gasteiger partial charge < -0.3 is 15.5 Å². The zero-order valence-electron chi connectivity index (χ0n) is 18.3. The number of hydrogen-bond acceptors (Lipinski definition) is 4. The molecule has 3 unspecified atom stereocenters. The van der Waals surface area contributed by atoms with Crippen LogP contribution in [-0.2, 0) is 9.59 Å². The molecule has 2 N–H and O–H groups in total. The number of likely N-dealkylation sites (tertiary alicyclic amines) is 1. The summed E-state index contributed by atoms with van der Waals surface area (Å²) in [5.41, 5.74) is 8.19. The minimum Gasteiger partial charge on any atom is -0.341 e. The molecule has 2 heterocycles. The first-order valence-corrected chi connectivity index (χ1v) is 10.4. The number of hydrogen-bond donors (Lipinski definition) is 1. The highest BCUT2D eigenvalue weighted by Gasteiger charge is 2.29. The number of rotatable bonds is 4. The third kappa shape index (κ3) is 6.84. The molecular formula is C22H36Cl2N4O2. The molecule has 0 spiro atoms. The van der Waals surface area contributed by atoms with Gasteiger partial charge in [0.25, 0.3) is 0 Å². The van der Waals surface area contributed by atoms with Crippen LogP contribution in [0, 0.1) is 18.8 Å². The number of benzene rings is 1. The lowest BCUT2D eigenvalue weighted by atomic mass is 9.92. The lowest BCUT2D eigenvalue weighted by molar-refractivity contribution is -0.137. The molecule has 0 saturated carbocycles. The summed E-state index contributed by atoms with van der Waals surface area (Å²) in [4.78, 5) is 31.4. The van der Waals surface area contributed by atoms with Gasteiger partial charge in [-0.3, -0.25) is 14.5 Å². The van der Waals surface area contributed by atoms with E-state index in [0.717, 1.165) is 37.3 Å². The Morgan fingerprint density at radius 1 is 0.967 bits per heavy atom. The summed E-state index contributed by atoms with van der Waals surface area (Å²) in [6, 6.07) is 7.19. The molecule has 2 fully saturated rings. The van der Waals surface area contributed by atoms with E-state index in [1.165, 1.54) is 6.42 Å². The van der Waals surface area contributed by atoms with Crippen LogP contribution < -0.4 is 5.73 Å². The van der Waals surface area contributed by atoms with Crippen molar-refractivity contribution in [2.75, 3.05) is 45.8 Å². The van der Waals surface area contributed by atoms with E-state index in [1.807, 2.05) is 41.0 Å². The number of halogens is 2. The lowest BCUT2D eigenvalue weighted by Crippen LogP contribution is -2.54. The van der Waals surface area contributed by atoms with Crippen LogP contribution in [0.4, 0.5) is 0 Å². The molecule has 0 aliphatic carbocycles. The maximum atomic E-state index is 12.7. The number of carbonyl (C=O) groups excluding carboxylic acids is 2. The smallest absolute Gasteiger partial charge is 0.244 e. The van der Waals surface area contributed by atoms with Crippen LogP contribution in [0.5, 0.6) is 0 Å². The molecule has 30 heavy (non-hydrogen) atoms. The second-order valence-electron chi connectivity index (χ2n) is 8.73. The molecule has 1 aromatic carbocycles. The van der Waals surface area contributed by atoms with Crippen molar-refractivity contribution in [3.63, 3.8) is 0 Å². The topological polar surface area (TPSA) is 69.9 Å². The van der Waals surface area contributed by atoms with E-state index in [4.69, 9.17) is 5.73 Å². The second-order valence-corrected chi connectivity index (χ2v) is 8.73. The highest BCUT2D eigenvalue weighted by molar-refractivity contribution is 5.85. The average molecular weight is 459 g/mol. The normalized spacial score (nSPS) is 23.2. The van der Waals surface area contributed by atoms with Crippen molar-refractivity contribution in [3.05, 3.63) is 35.4 Å². The van der Waals surface area contributed by atoms with E-state index in [-0.39, 0.29) is 36.6 Å². The second kappa shape index (κ2) is 11.9. The highest BCUT2D eigenvalue weighted by Crippen LogP contribution is 2.21. The van der Waals surface area contributed by atoms with Crippen LogP contribution in [0.2, 0.25) is 0 Å². The van der Waals surface area contributed by atoms with Gasteiger partial charge in [0.05, 0.1) is 6.54 Å². The van der Waals surface area contributed by atoms with Crippen molar-refractivity contribution in [1.82, 2.24) is 14.7 Å². The lowest BCUT2D eigenvalue weighted by Gasteiger charge is -2.38. The summed E-state index contributed by atoms with van der Waals surface area (Å²) in [5.74, 6) is 1.33. The molecule has 0 aromatic heterocycles. The van der Waals surface area contributed by atoms with Crippen LogP contribution in [0.15, 0.2) is 24.3 Å². The van der Waals surface area contributed by atoms with E-state index in [1.54, 1.807) is 0 Å². The highest BCUT2D eigenvalue weighted by atomic mass is 35.5. The van der Waals surface area contributed by atoms with Gasteiger partial charge in [0, 0.05) is 39.3 Å². The maximum absolute atomic E-state index is 12.7. The Morgan fingerprint density at radius 2 is 1.50 bits per heavy atom. The van der Waals surface area contributed by atoms with E-state index in [9.17, 15) is 9.59 Å². The zero-order chi connectivity index (χ0) is 20.3. The van der Waals surface area contributed by atoms with Crippen LogP contribution in [0.3, 0.4) is 0 Å². The summed E-state index contributed by atoms with van der Waals surface area (Å²) < 4.78 is 0. The van der Waals surface area contributed by atoms with Gasteiger partial charge in [-0.05, 0) is 30.7 Å². The fourth-order valence-electron chi connectivity index (χ4n) is 4.40. The summed E-state index contributed by atoms with van der Waals surface area (Å²) >= 11 is 0. The number of piperidine rings is 1. The van der Waals surface area contributed by atoms with Crippen molar-refractivity contribution in [2.24, 2.45) is 17.6 Å². The van der Waals surface area contributed by atoms with Gasteiger partial charge in [0.1, 0.15) is 6.04 Å². The van der Waals surface area contributed by atoms with Crippen LogP contribution in [0.25, 0.3) is 0 Å². The van der Waals surface area contributed by atoms with Crippen molar-refractivity contribution in [2.45, 2.75) is 33.2 Å². The van der Waals surface area contributed by atoms with Gasteiger partial charge in [-0.2, -0.15) is 0 Å². The predicted octanol–water partition coefficient (Wildman–Crippen LogP) is 2.49. The predicted molar refractivity (Wildman–Crippen MR) is 125 cm³/mol. The molecule has 8 heteroatoms. The van der Waals surface area contributed by atoms with Crippen LogP contribution in [0.1, 0.15) is 37.4 Å². The summed E-state index contributed by atoms with van der Waals surface area (Å²) in [6.45, 7) is 11.3. The van der Waals surface area contributed by atoms with E-state index in [0.29, 0.717) is 31.5 Å². The Labute approximate surface area is 193 Å². The summed E-state index contributed by atoms with van der Waals surface area (Å²) in [7, 11) is 0. The van der Waals surface area contributed by atoms with E-state index < -0.39 is 6.04 Å². The number of piperazine rings is 1. The maximum Gasteiger partial charge on any atom is 0.244 e. The van der Waals surface area contributed by atoms with Crippen molar-refractivity contribution in [3.8, 4) is 0 Å². The number of amides is 2. The summed E-state index contributed by atoms with van der Waals surface area (Å²) in [5, 5.41) is 0. The number of aryl methyl sites for hydroxylation is 1. The van der Waals surface area contributed by atoms with E-state index >= 15 is 0 Å². The van der Waals surface area contributed by atoms with Crippen molar-refractivity contribution >= 4 is 36.6 Å². The fraction of sp³-hybridized carbons (Fsp3) is 0.636. The Bertz CT molecular complexity index is 683. The molecule has 3 rings (SSSR count). The van der Waals surface area contributed by atoms with Gasteiger partial charge in [-0.1, -0.05) is 43.7 Å². The standard InChI is InChI=1S/C22H34N4O2.2ClH/c1-16-4-6-19(7-5-16)21(23)22(28)25-10-8-24(9-11-25)15-20(27)26-13-17(2)12-18(3)14-26;;/h4-7,17-18,21H,8-15,23H2,1-3H3;2*1H. The molecule has 2 saturated heterocycles. The van der Waals surface area contributed by atoms with Gasteiger partial charge in [0.15, 0.2) is 0 Å². The molecule has 1 aromatic rings. The number of nitrogens with zero attached hydrogens (tertiary/aromatic N) is 3. The quantitative estimate of drug-likeness (QED) is 0.751. The minimum absolute atomic E-state index is 0. The molecule has 0 bridgehead atoms. The number of carbonyl (C=O) groups is 2. The average Bonchev–Trinajstić information content (AvgIpc) is 2.67. The molecule has 3 atom stereocenters. The molecule has 0 radical (unpaired) electrons. The third-order valence-electron chi connectivity index (χ3n) is 5.97. The zero-order valence-corrected chi connectivity index (χ0v) is 19.9. The van der Waals surface area contributed by atoms with Gasteiger partial charge in [-0.15, -0.1) is 24.8 Å². The molecule has 2 aliphatic heterocycles. The first-order valence-electron chi connectivity index (χ1n) is 10.4. The molecule has 2 amide bonds. The molecular weight excluding hydrogens is 423 g/mol. The Morgan fingerprint density at radius 3 is 2.03 bits per heavy atom. The molecule has 2 aliphatic rings. The number of nitrogens with two attached hydrogens (primary N) is 1. The molecule has 170 valence electrons. The Balaban J connectivity index is 0.00000225. The first kappa shape index (κ1) is 26.7. The summed E-state index contributed by atoms with van der Waals surface area (Å²) in [6.07, 6.45) is 1.20. The first-order chi connectivity index (χ1) is 13.3. The minimum atomic E-state index is -0.620. The largest absolute Gasteiger partial charge is 0.341 e. The Kier molecular flexibility index (Phi) is 10.6. The van der Waals surface area contributed by atoms with Crippen molar-refractivity contribution in [1.29, 1.82) is 0 Å². The van der Waals surface area contributed by atoms with Crippen molar-refractivity contribution < 1.29 is 9.59 Å². The SMILES string of the molecule is Cc1ccc(C(N)C(=O)N2CCN(CC(=O)N3CC(C)CC(C)C3)CC2)cc1.Cl.Cl. The van der Waals surface area contributed by atoms with Gasteiger partial charge in [0.2, 0.25) is 11.8 Å². The van der Waals surface area contributed by atoms with Gasteiger partial charge in [-0.25, -0.2) is 0 Å². The fourth-order valence-corrected chi connectivity index (χ4v) is 4.40. The monoisotopic (exact) mass is 458 g/mol. The molecule has 6 nitrogen and oxygen atoms in total. The van der Waals surface area contributed by atoms with Crippen LogP contribution in [-0.4, -0.2) is 72.3 Å². The van der Waals surface area contributed by atoms with Gasteiger partial charge >= 0.3 is 0 Å². The van der Waals surface area contributed by atoms with Crippen LogP contribution >= 0.6 is 24.8 Å². The third-order valence-corrected chi connectivity index (χ3v) is 5.97.